The highest BCUT2D eigenvalue weighted by atomic mass is 16.2. The lowest BCUT2D eigenvalue weighted by Gasteiger charge is -2.28. The smallest absolute Gasteiger partial charge is 0.265 e. The molecule has 0 radical (unpaired) electrons. The third-order valence-corrected chi connectivity index (χ3v) is 24.2. The van der Waals surface area contributed by atoms with E-state index in [-0.39, 0.29) is 35.4 Å². The fraction of sp³-hybridized carbons (Fsp3) is 0. The highest BCUT2D eigenvalue weighted by Crippen LogP contribution is 2.48. The van der Waals surface area contributed by atoms with Gasteiger partial charge >= 0.3 is 0 Å². The van der Waals surface area contributed by atoms with Crippen molar-refractivity contribution in [1.82, 2.24) is 15.0 Å². The molecule has 0 bridgehead atoms. The first-order chi connectivity index (χ1) is 60.6. The minimum absolute atomic E-state index is 0.307. The van der Waals surface area contributed by atoms with Crippen molar-refractivity contribution in [3.8, 4) is 66.9 Å². The molecule has 12 heteroatoms. The Balaban J connectivity index is 0.000000110. The molecule has 576 valence electrons. The van der Waals surface area contributed by atoms with E-state index >= 15 is 0 Å². The Morgan fingerprint density at radius 2 is 0.472 bits per heavy atom. The van der Waals surface area contributed by atoms with Gasteiger partial charge < -0.3 is 0 Å². The van der Waals surface area contributed by atoms with Crippen molar-refractivity contribution < 1.29 is 28.8 Å². The zero-order valence-corrected chi connectivity index (χ0v) is 65.7. The Morgan fingerprint density at radius 1 is 0.179 bits per heavy atom. The molecule has 3 aromatic heterocycles. The second-order valence-electron chi connectivity index (χ2n) is 30.9. The summed E-state index contributed by atoms with van der Waals surface area (Å²) in [4.78, 5) is 100. The molecule has 3 aliphatic heterocycles. The third kappa shape index (κ3) is 12.1. The zero-order valence-electron chi connectivity index (χ0n) is 65.7. The van der Waals surface area contributed by atoms with Crippen molar-refractivity contribution in [3.05, 3.63) is 434 Å². The number of fused-ring (bicyclic) bond motifs is 6. The van der Waals surface area contributed by atoms with E-state index in [2.05, 4.69) is 93.8 Å². The SMILES string of the molecule is O=C1c2cccc3c(-c4ccc(-c5ccccn5)c5ccccc45)ccc(c23)C(=O)N1c1ccc2ccccc2c1.O=C1c2cccc3c(-c4ccc(-c5cccnc5)c5ccccc45)ccc(c23)C(=O)N1c1ccc2ccccc2c1.O=C1c2cccc3c(-c4ccc(-c5ccncc5)c5ccccc45)ccc(c23)C(=O)N1c1ccc2ccccc2c1. The molecule has 0 spiro atoms. The summed E-state index contributed by atoms with van der Waals surface area (Å²) < 4.78 is 0. The van der Waals surface area contributed by atoms with Crippen LogP contribution >= 0.6 is 0 Å². The largest absolute Gasteiger partial charge is 0.268 e. The van der Waals surface area contributed by atoms with Crippen LogP contribution in [0.3, 0.4) is 0 Å². The van der Waals surface area contributed by atoms with Gasteiger partial charge in [-0.3, -0.25) is 43.7 Å². The molecule has 18 aromatic carbocycles. The standard InChI is InChI=1S/3C37H22N2O2/c40-36-33-13-5-12-32-31(30-17-16-27(25-9-6-20-38-22-25)28-10-3-4-11-29(28)30)18-19-34(35(32)33)37(41)39(36)26-15-14-23-7-1-2-8-24(23)21-26;40-36-32-13-7-12-31-29(28-17-19-30(34-14-5-6-21-38-34)27-11-4-3-10-26(27)28)18-20-33(35(31)32)37(41)39(36)25-16-15-23-8-1-2-9-24(23)22-25;40-36-33-11-5-10-32-31(30-15-14-27(24-18-20-38-21-19-24)28-8-3-4-9-29(28)30)16-17-34(35(32)33)37(41)39(36)26-13-12-23-6-1-2-7-25(23)22-26/h3*1-22H. The molecule has 6 heterocycles. The van der Waals surface area contributed by atoms with E-state index in [4.69, 9.17) is 0 Å². The predicted octanol–water partition coefficient (Wildman–Crippen LogP) is 26.0. The first-order valence-electron chi connectivity index (χ1n) is 40.7. The average molecular weight is 1580 g/mol. The number of benzene rings is 18. The number of amides is 6. The van der Waals surface area contributed by atoms with E-state index in [1.165, 1.54) is 14.7 Å². The Kier molecular flexibility index (Phi) is 17.5. The number of pyridine rings is 3. The summed E-state index contributed by atoms with van der Waals surface area (Å²) in [6, 6.07) is 121. The number of rotatable bonds is 9. The van der Waals surface area contributed by atoms with Crippen LogP contribution in [0.15, 0.2) is 401 Å². The molecular formula is C111H66N6O6. The van der Waals surface area contributed by atoms with Gasteiger partial charge in [0.25, 0.3) is 35.4 Å². The lowest BCUT2D eigenvalue weighted by atomic mass is 9.86. The van der Waals surface area contributed by atoms with E-state index in [9.17, 15) is 28.8 Å². The van der Waals surface area contributed by atoms with Crippen molar-refractivity contribution in [2.75, 3.05) is 14.7 Å². The second kappa shape index (κ2) is 29.7. The normalized spacial score (nSPS) is 12.9. The number of carbonyl (C=O) groups is 6. The fourth-order valence-corrected chi connectivity index (χ4v) is 18.5. The summed E-state index contributed by atoms with van der Waals surface area (Å²) in [5, 5.41) is 17.5. The molecule has 0 saturated carbocycles. The molecule has 3 aliphatic rings. The average Bonchev–Trinajstić information content (AvgIpc) is 0.731. The molecule has 0 N–H and O–H groups in total. The van der Waals surface area contributed by atoms with Crippen molar-refractivity contribution in [2.45, 2.75) is 0 Å². The summed E-state index contributed by atoms with van der Waals surface area (Å²) >= 11 is 0. The second-order valence-corrected chi connectivity index (χ2v) is 30.9. The number of aromatic nitrogens is 3. The molecule has 24 rings (SSSR count). The van der Waals surface area contributed by atoms with Gasteiger partial charge in [0.2, 0.25) is 0 Å². The molecule has 0 atom stereocenters. The maximum atomic E-state index is 13.9. The molecule has 123 heavy (non-hydrogen) atoms. The Bertz CT molecular complexity index is 7290. The van der Waals surface area contributed by atoms with Crippen LogP contribution in [0.2, 0.25) is 0 Å². The van der Waals surface area contributed by atoms with E-state index in [0.717, 1.165) is 148 Å². The summed E-state index contributed by atoms with van der Waals surface area (Å²) in [6.45, 7) is 0. The van der Waals surface area contributed by atoms with Gasteiger partial charge in [-0.2, -0.15) is 0 Å². The number of anilines is 3. The van der Waals surface area contributed by atoms with Crippen LogP contribution in [0.25, 0.3) is 164 Å². The predicted molar refractivity (Wildman–Crippen MR) is 496 cm³/mol. The van der Waals surface area contributed by atoms with E-state index in [0.29, 0.717) is 66.6 Å². The lowest BCUT2D eigenvalue weighted by molar-refractivity contribution is 0.0877. The monoisotopic (exact) mass is 1580 g/mol. The van der Waals surface area contributed by atoms with Gasteiger partial charge in [0.05, 0.1) is 22.8 Å². The van der Waals surface area contributed by atoms with Crippen molar-refractivity contribution in [1.29, 1.82) is 0 Å². The molecule has 0 unspecified atom stereocenters. The minimum atomic E-state index is -0.309. The summed E-state index contributed by atoms with van der Waals surface area (Å²) in [7, 11) is 0. The van der Waals surface area contributed by atoms with Crippen LogP contribution in [0.4, 0.5) is 17.1 Å². The fourth-order valence-electron chi connectivity index (χ4n) is 18.5. The first kappa shape index (κ1) is 72.6. The maximum Gasteiger partial charge on any atom is 0.265 e. The number of imide groups is 3. The molecule has 6 amide bonds. The van der Waals surface area contributed by atoms with Gasteiger partial charge in [0.1, 0.15) is 0 Å². The number of hydrogen-bond acceptors (Lipinski definition) is 9. The Labute approximate surface area is 704 Å². The topological polar surface area (TPSA) is 151 Å². The third-order valence-electron chi connectivity index (χ3n) is 24.2. The molecule has 21 aromatic rings. The molecule has 0 aliphatic carbocycles. The highest BCUT2D eigenvalue weighted by Gasteiger charge is 2.39. The minimum Gasteiger partial charge on any atom is -0.268 e. The number of nitrogens with zero attached hydrogens (tertiary/aromatic N) is 6. The molecule has 12 nitrogen and oxygen atoms in total. The summed E-state index contributed by atoms with van der Waals surface area (Å²) in [5.74, 6) is -1.85. The summed E-state index contributed by atoms with van der Waals surface area (Å²) in [6.07, 6.45) is 9.07. The van der Waals surface area contributed by atoms with Crippen LogP contribution in [0.5, 0.6) is 0 Å². The highest BCUT2D eigenvalue weighted by molar-refractivity contribution is 6.40. The van der Waals surface area contributed by atoms with Gasteiger partial charge in [-0.25, -0.2) is 14.7 Å². The van der Waals surface area contributed by atoms with Crippen LogP contribution in [0, 0.1) is 0 Å². The van der Waals surface area contributed by atoms with Crippen molar-refractivity contribution in [2.24, 2.45) is 0 Å². The lowest BCUT2D eigenvalue weighted by Crippen LogP contribution is -2.40. The van der Waals surface area contributed by atoms with E-state index in [1.54, 1.807) is 24.8 Å². The van der Waals surface area contributed by atoms with Gasteiger partial charge in [-0.05, 0) is 234 Å². The van der Waals surface area contributed by atoms with E-state index in [1.807, 2.05) is 297 Å². The van der Waals surface area contributed by atoms with E-state index < -0.39 is 0 Å². The summed E-state index contributed by atoms with van der Waals surface area (Å²) in [5.41, 5.74) is 17.4. The van der Waals surface area contributed by atoms with Crippen LogP contribution in [-0.2, 0) is 0 Å². The van der Waals surface area contributed by atoms with Gasteiger partial charge in [0.15, 0.2) is 0 Å². The van der Waals surface area contributed by atoms with Gasteiger partial charge in [0, 0.05) is 91.7 Å². The Hall–Kier alpha value is -16.8. The number of hydrogen-bond donors (Lipinski definition) is 0. The van der Waals surface area contributed by atoms with Crippen LogP contribution in [0.1, 0.15) is 62.1 Å². The quantitative estimate of drug-likeness (QED) is 0.129. The molecule has 0 saturated heterocycles. The zero-order chi connectivity index (χ0) is 82.5. The molecular weight excluding hydrogens is 1510 g/mol. The van der Waals surface area contributed by atoms with Crippen LogP contribution < -0.4 is 14.7 Å². The first-order valence-corrected chi connectivity index (χ1v) is 40.7. The van der Waals surface area contributed by atoms with Gasteiger partial charge in [-0.1, -0.05) is 267 Å². The van der Waals surface area contributed by atoms with Crippen molar-refractivity contribution in [3.63, 3.8) is 0 Å². The van der Waals surface area contributed by atoms with Gasteiger partial charge in [-0.15, -0.1) is 0 Å². The maximum absolute atomic E-state index is 13.9. The molecule has 0 fully saturated rings. The van der Waals surface area contributed by atoms with Crippen LogP contribution in [-0.4, -0.2) is 50.4 Å². The number of carbonyl (C=O) groups excluding carboxylic acids is 6. The Morgan fingerprint density at radius 3 is 0.829 bits per heavy atom. The van der Waals surface area contributed by atoms with Crippen molar-refractivity contribution >= 4 is 149 Å².